The molecule has 1 aromatic heterocycles. The van der Waals surface area contributed by atoms with Crippen LogP contribution in [0.3, 0.4) is 0 Å². The largest absolute Gasteiger partial charge is 0.455 e. The summed E-state index contributed by atoms with van der Waals surface area (Å²) in [5.41, 5.74) is 1.94. The van der Waals surface area contributed by atoms with Gasteiger partial charge in [0.15, 0.2) is 0 Å². The molecule has 0 amide bonds. The van der Waals surface area contributed by atoms with Gasteiger partial charge in [-0.2, -0.15) is 0 Å². The Morgan fingerprint density at radius 3 is 2.71 bits per heavy atom. The number of benzene rings is 1. The molecule has 0 bridgehead atoms. The standard InChI is InChI=1S/C17H21ClN2O/c1-12(2)9-19-11-15-16(18)5-4-6-17(15)21-14-8-7-13(3)20-10-14/h4-8,10,12,19H,9,11H2,1-3H3. The van der Waals surface area contributed by atoms with Gasteiger partial charge in [-0.05, 0) is 43.7 Å². The Morgan fingerprint density at radius 2 is 2.05 bits per heavy atom. The molecule has 1 aromatic carbocycles. The molecule has 1 heterocycles. The first-order valence-corrected chi connectivity index (χ1v) is 7.52. The summed E-state index contributed by atoms with van der Waals surface area (Å²) in [5.74, 6) is 2.08. The summed E-state index contributed by atoms with van der Waals surface area (Å²) in [6.07, 6.45) is 1.72. The third kappa shape index (κ3) is 4.73. The van der Waals surface area contributed by atoms with E-state index < -0.39 is 0 Å². The second-order valence-electron chi connectivity index (χ2n) is 5.48. The number of nitrogens with one attached hydrogen (secondary N) is 1. The number of aromatic nitrogens is 1. The highest BCUT2D eigenvalue weighted by atomic mass is 35.5. The number of hydrogen-bond donors (Lipinski definition) is 1. The molecular formula is C17H21ClN2O. The van der Waals surface area contributed by atoms with Crippen molar-refractivity contribution in [3.63, 3.8) is 0 Å². The second kappa shape index (κ2) is 7.43. The van der Waals surface area contributed by atoms with Crippen molar-refractivity contribution in [1.82, 2.24) is 10.3 Å². The maximum atomic E-state index is 6.30. The molecule has 0 saturated carbocycles. The number of aryl methyl sites for hydroxylation is 1. The minimum atomic E-state index is 0.596. The molecule has 0 atom stereocenters. The van der Waals surface area contributed by atoms with Crippen molar-refractivity contribution in [3.05, 3.63) is 52.8 Å². The van der Waals surface area contributed by atoms with E-state index in [1.54, 1.807) is 6.20 Å². The average Bonchev–Trinajstić information content (AvgIpc) is 2.44. The van der Waals surface area contributed by atoms with Crippen LogP contribution in [0, 0.1) is 12.8 Å². The van der Waals surface area contributed by atoms with Gasteiger partial charge in [-0.3, -0.25) is 4.98 Å². The van der Waals surface area contributed by atoms with Gasteiger partial charge in [-0.15, -0.1) is 0 Å². The monoisotopic (exact) mass is 304 g/mol. The van der Waals surface area contributed by atoms with Crippen LogP contribution in [-0.4, -0.2) is 11.5 Å². The van der Waals surface area contributed by atoms with Crippen molar-refractivity contribution >= 4 is 11.6 Å². The van der Waals surface area contributed by atoms with Crippen molar-refractivity contribution in [2.45, 2.75) is 27.3 Å². The van der Waals surface area contributed by atoms with Gasteiger partial charge in [0.2, 0.25) is 0 Å². The van der Waals surface area contributed by atoms with Crippen LogP contribution in [-0.2, 0) is 6.54 Å². The van der Waals surface area contributed by atoms with E-state index in [0.29, 0.717) is 23.2 Å². The Hall–Kier alpha value is -1.58. The maximum Gasteiger partial charge on any atom is 0.145 e. The third-order valence-corrected chi connectivity index (χ3v) is 3.40. The van der Waals surface area contributed by atoms with E-state index in [9.17, 15) is 0 Å². The third-order valence-electron chi connectivity index (χ3n) is 3.04. The predicted octanol–water partition coefficient (Wildman–Crippen LogP) is 4.58. The average molecular weight is 305 g/mol. The number of hydrogen-bond acceptors (Lipinski definition) is 3. The minimum absolute atomic E-state index is 0.596. The van der Waals surface area contributed by atoms with Gasteiger partial charge in [0.25, 0.3) is 0 Å². The van der Waals surface area contributed by atoms with Crippen molar-refractivity contribution in [2.75, 3.05) is 6.54 Å². The van der Waals surface area contributed by atoms with Gasteiger partial charge >= 0.3 is 0 Å². The normalized spacial score (nSPS) is 10.9. The first-order chi connectivity index (χ1) is 10.1. The van der Waals surface area contributed by atoms with Crippen LogP contribution in [0.1, 0.15) is 25.1 Å². The van der Waals surface area contributed by atoms with E-state index in [-0.39, 0.29) is 0 Å². The highest BCUT2D eigenvalue weighted by Crippen LogP contribution is 2.30. The van der Waals surface area contributed by atoms with E-state index in [0.717, 1.165) is 23.6 Å². The van der Waals surface area contributed by atoms with Crippen LogP contribution in [0.4, 0.5) is 0 Å². The SMILES string of the molecule is Cc1ccc(Oc2cccc(Cl)c2CNCC(C)C)cn1. The molecule has 0 radical (unpaired) electrons. The smallest absolute Gasteiger partial charge is 0.145 e. The van der Waals surface area contributed by atoms with Crippen LogP contribution in [0.15, 0.2) is 36.5 Å². The molecule has 21 heavy (non-hydrogen) atoms. The lowest BCUT2D eigenvalue weighted by Crippen LogP contribution is -2.19. The van der Waals surface area contributed by atoms with Gasteiger partial charge in [0.1, 0.15) is 11.5 Å². The van der Waals surface area contributed by atoms with Crippen LogP contribution >= 0.6 is 11.6 Å². The first-order valence-electron chi connectivity index (χ1n) is 7.15. The summed E-state index contributed by atoms with van der Waals surface area (Å²) in [7, 11) is 0. The van der Waals surface area contributed by atoms with Crippen LogP contribution in [0.5, 0.6) is 11.5 Å². The molecule has 0 aliphatic rings. The summed E-state index contributed by atoms with van der Waals surface area (Å²) < 4.78 is 5.92. The number of rotatable bonds is 6. The summed E-state index contributed by atoms with van der Waals surface area (Å²) in [5, 5.41) is 4.11. The molecule has 0 unspecified atom stereocenters. The molecule has 0 aliphatic heterocycles. The molecule has 0 aliphatic carbocycles. The minimum Gasteiger partial charge on any atom is -0.455 e. The molecule has 112 valence electrons. The van der Waals surface area contributed by atoms with E-state index in [2.05, 4.69) is 24.1 Å². The second-order valence-corrected chi connectivity index (χ2v) is 5.89. The van der Waals surface area contributed by atoms with Crippen molar-refractivity contribution in [3.8, 4) is 11.5 Å². The lowest BCUT2D eigenvalue weighted by Gasteiger charge is -2.14. The molecule has 2 aromatic rings. The zero-order chi connectivity index (χ0) is 15.2. The molecule has 0 saturated heterocycles. The molecule has 0 spiro atoms. The zero-order valence-corrected chi connectivity index (χ0v) is 13.4. The van der Waals surface area contributed by atoms with Crippen molar-refractivity contribution in [2.24, 2.45) is 5.92 Å². The van der Waals surface area contributed by atoms with Crippen molar-refractivity contribution < 1.29 is 4.74 Å². The van der Waals surface area contributed by atoms with Crippen molar-refractivity contribution in [1.29, 1.82) is 0 Å². The lowest BCUT2D eigenvalue weighted by atomic mass is 10.1. The molecular weight excluding hydrogens is 284 g/mol. The molecule has 1 N–H and O–H groups in total. The Morgan fingerprint density at radius 1 is 1.24 bits per heavy atom. The fourth-order valence-electron chi connectivity index (χ4n) is 1.93. The van der Waals surface area contributed by atoms with Gasteiger partial charge in [-0.25, -0.2) is 0 Å². The Bertz CT molecular complexity index is 582. The molecule has 2 rings (SSSR count). The first kappa shape index (κ1) is 15.8. The zero-order valence-electron chi connectivity index (χ0n) is 12.7. The van der Waals surface area contributed by atoms with Gasteiger partial charge < -0.3 is 10.1 Å². The number of pyridine rings is 1. The van der Waals surface area contributed by atoms with Gasteiger partial charge in [0, 0.05) is 22.8 Å². The summed E-state index contributed by atoms with van der Waals surface area (Å²) in [4.78, 5) is 4.24. The number of nitrogens with zero attached hydrogens (tertiary/aromatic N) is 1. The maximum absolute atomic E-state index is 6.30. The number of halogens is 1. The quantitative estimate of drug-likeness (QED) is 0.848. The fraction of sp³-hybridized carbons (Fsp3) is 0.353. The fourth-order valence-corrected chi connectivity index (χ4v) is 2.17. The highest BCUT2D eigenvalue weighted by molar-refractivity contribution is 6.31. The molecule has 3 nitrogen and oxygen atoms in total. The Kier molecular flexibility index (Phi) is 5.59. The van der Waals surface area contributed by atoms with Crippen LogP contribution < -0.4 is 10.1 Å². The predicted molar refractivity (Wildman–Crippen MR) is 87.0 cm³/mol. The number of ether oxygens (including phenoxy) is 1. The van der Waals surface area contributed by atoms with Gasteiger partial charge in [0.05, 0.1) is 6.20 Å². The van der Waals surface area contributed by atoms with E-state index in [4.69, 9.17) is 16.3 Å². The topological polar surface area (TPSA) is 34.1 Å². The highest BCUT2D eigenvalue weighted by Gasteiger charge is 2.09. The summed E-state index contributed by atoms with van der Waals surface area (Å²) in [6.45, 7) is 7.93. The summed E-state index contributed by atoms with van der Waals surface area (Å²) in [6, 6.07) is 9.54. The summed E-state index contributed by atoms with van der Waals surface area (Å²) >= 11 is 6.30. The van der Waals surface area contributed by atoms with Crippen LogP contribution in [0.25, 0.3) is 0 Å². The van der Waals surface area contributed by atoms with E-state index in [1.807, 2.05) is 37.3 Å². The van der Waals surface area contributed by atoms with Crippen LogP contribution in [0.2, 0.25) is 5.02 Å². The lowest BCUT2D eigenvalue weighted by molar-refractivity contribution is 0.467. The Balaban J connectivity index is 2.14. The van der Waals surface area contributed by atoms with E-state index >= 15 is 0 Å². The van der Waals surface area contributed by atoms with E-state index in [1.165, 1.54) is 0 Å². The molecule has 0 fully saturated rings. The molecule has 4 heteroatoms. The Labute approximate surface area is 131 Å². The van der Waals surface area contributed by atoms with Gasteiger partial charge in [-0.1, -0.05) is 31.5 Å².